The molecule has 1 saturated carbocycles. The average Bonchev–Trinajstić information content (AvgIpc) is 2.89. The van der Waals surface area contributed by atoms with Crippen LogP contribution in [0, 0.1) is 18.3 Å². The van der Waals surface area contributed by atoms with Gasteiger partial charge in [0.05, 0.1) is 6.10 Å². The average molecular weight is 330 g/mol. The first-order chi connectivity index (χ1) is 11.6. The first-order valence-corrected chi connectivity index (χ1v) is 9.31. The Morgan fingerprint density at radius 2 is 1.96 bits per heavy atom. The van der Waals surface area contributed by atoms with Gasteiger partial charge in [-0.3, -0.25) is 4.90 Å². The van der Waals surface area contributed by atoms with Crippen molar-refractivity contribution < 1.29 is 5.11 Å². The van der Waals surface area contributed by atoms with E-state index in [-0.39, 0.29) is 6.10 Å². The Labute approximate surface area is 145 Å². The monoisotopic (exact) mass is 330 g/mol. The molecule has 5 nitrogen and oxygen atoms in total. The smallest absolute Gasteiger partial charge is 0.120 e. The van der Waals surface area contributed by atoms with Crippen molar-refractivity contribution in [3.63, 3.8) is 0 Å². The van der Waals surface area contributed by atoms with Crippen LogP contribution in [-0.2, 0) is 13.6 Å². The molecule has 0 bridgehead atoms. The lowest BCUT2D eigenvalue weighted by Gasteiger charge is -2.41. The van der Waals surface area contributed by atoms with Gasteiger partial charge in [0, 0.05) is 44.5 Å². The van der Waals surface area contributed by atoms with Crippen LogP contribution in [-0.4, -0.2) is 45.9 Å². The highest BCUT2D eigenvalue weighted by atomic mass is 16.3. The number of hydrogen-bond acceptors (Lipinski definition) is 4. The molecular weight excluding hydrogens is 300 g/mol. The summed E-state index contributed by atoms with van der Waals surface area (Å²) in [7, 11) is 1.95. The molecule has 1 aliphatic heterocycles. The first kappa shape index (κ1) is 17.5. The molecule has 5 heteroatoms. The van der Waals surface area contributed by atoms with E-state index in [1.807, 2.05) is 17.7 Å². The van der Waals surface area contributed by atoms with Crippen LogP contribution in [0.5, 0.6) is 0 Å². The predicted octanol–water partition coefficient (Wildman–Crippen LogP) is 2.06. The molecule has 0 spiro atoms. The fourth-order valence-electron chi connectivity index (χ4n) is 4.26. The van der Waals surface area contributed by atoms with Crippen molar-refractivity contribution >= 4 is 0 Å². The van der Waals surface area contributed by atoms with E-state index in [2.05, 4.69) is 23.2 Å². The van der Waals surface area contributed by atoms with Crippen molar-refractivity contribution in [3.8, 4) is 6.07 Å². The maximum absolute atomic E-state index is 10.2. The Kier molecular flexibility index (Phi) is 5.60. The molecule has 2 fully saturated rings. The quantitative estimate of drug-likeness (QED) is 0.887. The minimum atomic E-state index is -0.125. The number of nitrogens with one attached hydrogen (secondary N) is 1. The van der Waals surface area contributed by atoms with Gasteiger partial charge in [-0.1, -0.05) is 12.8 Å². The SMILES string of the molecule is Cc1c(CNC2CCN(C3CCCCC3O)CC2)cc(C#N)n1C. The van der Waals surface area contributed by atoms with Gasteiger partial charge in [-0.05, 0) is 44.2 Å². The van der Waals surface area contributed by atoms with E-state index in [9.17, 15) is 5.11 Å². The number of likely N-dealkylation sites (tertiary alicyclic amines) is 1. The van der Waals surface area contributed by atoms with Gasteiger partial charge in [-0.15, -0.1) is 0 Å². The summed E-state index contributed by atoms with van der Waals surface area (Å²) in [6.07, 6.45) is 6.71. The Hall–Kier alpha value is -1.35. The van der Waals surface area contributed by atoms with E-state index >= 15 is 0 Å². The molecule has 2 unspecified atom stereocenters. The minimum absolute atomic E-state index is 0.125. The third-order valence-electron chi connectivity index (χ3n) is 6.03. The number of hydrogen-bond donors (Lipinski definition) is 2. The Bertz CT molecular complexity index is 595. The van der Waals surface area contributed by atoms with E-state index in [1.165, 1.54) is 24.1 Å². The van der Waals surface area contributed by atoms with Gasteiger partial charge in [0.1, 0.15) is 11.8 Å². The van der Waals surface area contributed by atoms with Crippen molar-refractivity contribution in [3.05, 3.63) is 23.0 Å². The van der Waals surface area contributed by atoms with Crippen LogP contribution in [0.2, 0.25) is 0 Å². The van der Waals surface area contributed by atoms with Gasteiger partial charge in [-0.25, -0.2) is 0 Å². The van der Waals surface area contributed by atoms with Crippen molar-refractivity contribution in [2.24, 2.45) is 7.05 Å². The second kappa shape index (κ2) is 7.69. The molecule has 0 radical (unpaired) electrons. The second-order valence-corrected chi connectivity index (χ2v) is 7.42. The zero-order valence-corrected chi connectivity index (χ0v) is 15.0. The summed E-state index contributed by atoms with van der Waals surface area (Å²) < 4.78 is 1.96. The highest BCUT2D eigenvalue weighted by Gasteiger charge is 2.31. The van der Waals surface area contributed by atoms with E-state index in [0.717, 1.165) is 51.0 Å². The number of aliphatic hydroxyl groups is 1. The first-order valence-electron chi connectivity index (χ1n) is 9.31. The maximum atomic E-state index is 10.2. The van der Waals surface area contributed by atoms with E-state index in [0.29, 0.717) is 12.1 Å². The lowest BCUT2D eigenvalue weighted by molar-refractivity contribution is 0.00714. The van der Waals surface area contributed by atoms with Gasteiger partial charge in [0.15, 0.2) is 0 Å². The minimum Gasteiger partial charge on any atom is -0.391 e. The standard InChI is InChI=1S/C19H30N4O/c1-14-15(11-17(12-20)22(14)2)13-21-16-7-9-23(10-8-16)18-5-3-4-6-19(18)24/h11,16,18-19,21,24H,3-10,13H2,1-2H3. The number of nitrogens with zero attached hydrogens (tertiary/aromatic N) is 3. The van der Waals surface area contributed by atoms with Crippen molar-refractivity contribution in [1.29, 1.82) is 5.26 Å². The molecule has 132 valence electrons. The predicted molar refractivity (Wildman–Crippen MR) is 94.6 cm³/mol. The van der Waals surface area contributed by atoms with Gasteiger partial charge < -0.3 is 15.0 Å². The molecule has 1 aliphatic carbocycles. The molecule has 2 aliphatic rings. The van der Waals surface area contributed by atoms with E-state index in [4.69, 9.17) is 5.26 Å². The topological polar surface area (TPSA) is 64.2 Å². The fourth-order valence-corrected chi connectivity index (χ4v) is 4.26. The molecule has 1 aromatic rings. The summed E-state index contributed by atoms with van der Waals surface area (Å²) in [6, 6.07) is 5.16. The second-order valence-electron chi connectivity index (χ2n) is 7.42. The van der Waals surface area contributed by atoms with Crippen LogP contribution < -0.4 is 5.32 Å². The van der Waals surface area contributed by atoms with Crippen molar-refractivity contribution in [2.45, 2.75) is 70.2 Å². The normalized spacial score (nSPS) is 26.4. The Morgan fingerprint density at radius 1 is 1.25 bits per heavy atom. The van der Waals surface area contributed by atoms with Gasteiger partial charge >= 0.3 is 0 Å². The molecule has 24 heavy (non-hydrogen) atoms. The van der Waals surface area contributed by atoms with Crippen LogP contribution >= 0.6 is 0 Å². The molecular formula is C19H30N4O. The van der Waals surface area contributed by atoms with E-state index < -0.39 is 0 Å². The van der Waals surface area contributed by atoms with Gasteiger partial charge in [0.2, 0.25) is 0 Å². The Balaban J connectivity index is 1.48. The van der Waals surface area contributed by atoms with Crippen molar-refractivity contribution in [1.82, 2.24) is 14.8 Å². The maximum Gasteiger partial charge on any atom is 0.120 e. The molecule has 0 amide bonds. The zero-order chi connectivity index (χ0) is 17.1. The van der Waals surface area contributed by atoms with Crippen LogP contribution in [0.4, 0.5) is 0 Å². The third kappa shape index (κ3) is 3.66. The highest BCUT2D eigenvalue weighted by Crippen LogP contribution is 2.26. The van der Waals surface area contributed by atoms with Crippen LogP contribution in [0.3, 0.4) is 0 Å². The summed E-state index contributed by atoms with van der Waals surface area (Å²) in [5.41, 5.74) is 3.12. The third-order valence-corrected chi connectivity index (χ3v) is 6.03. The highest BCUT2D eigenvalue weighted by molar-refractivity contribution is 5.34. The van der Waals surface area contributed by atoms with Gasteiger partial charge in [-0.2, -0.15) is 5.26 Å². The molecule has 2 heterocycles. The number of aromatic nitrogens is 1. The lowest BCUT2D eigenvalue weighted by Crippen LogP contribution is -2.51. The summed E-state index contributed by atoms with van der Waals surface area (Å²) in [5.74, 6) is 0. The summed E-state index contributed by atoms with van der Waals surface area (Å²) in [6.45, 7) is 5.07. The van der Waals surface area contributed by atoms with Crippen molar-refractivity contribution in [2.75, 3.05) is 13.1 Å². The summed E-state index contributed by atoms with van der Waals surface area (Å²) in [5, 5.41) is 23.0. The lowest BCUT2D eigenvalue weighted by atomic mass is 9.89. The molecule has 1 saturated heterocycles. The molecule has 2 N–H and O–H groups in total. The summed E-state index contributed by atoms with van der Waals surface area (Å²) in [4.78, 5) is 2.50. The number of piperidine rings is 1. The molecule has 1 aromatic heterocycles. The van der Waals surface area contributed by atoms with E-state index in [1.54, 1.807) is 0 Å². The summed E-state index contributed by atoms with van der Waals surface area (Å²) >= 11 is 0. The fraction of sp³-hybridized carbons (Fsp3) is 0.737. The van der Waals surface area contributed by atoms with Gasteiger partial charge in [0.25, 0.3) is 0 Å². The van der Waals surface area contributed by atoms with Crippen LogP contribution in [0.25, 0.3) is 0 Å². The molecule has 2 atom stereocenters. The largest absolute Gasteiger partial charge is 0.391 e. The Morgan fingerprint density at radius 3 is 2.58 bits per heavy atom. The molecule has 3 rings (SSSR count). The number of rotatable bonds is 4. The number of nitriles is 1. The molecule has 0 aromatic carbocycles. The van der Waals surface area contributed by atoms with Crippen LogP contribution in [0.15, 0.2) is 6.07 Å². The number of aliphatic hydroxyl groups excluding tert-OH is 1. The zero-order valence-electron chi connectivity index (χ0n) is 15.0. The van der Waals surface area contributed by atoms with Crippen LogP contribution in [0.1, 0.15) is 55.5 Å².